The highest BCUT2D eigenvalue weighted by Crippen LogP contribution is 2.30. The SMILES string of the molecule is CC(CC1OCCc2ccccc21)NC[C@@H](O)c1ccccc1. The van der Waals surface area contributed by atoms with Crippen molar-refractivity contribution in [2.45, 2.75) is 38.0 Å². The molecule has 2 aromatic carbocycles. The molecule has 122 valence electrons. The smallest absolute Gasteiger partial charge is 0.0914 e. The van der Waals surface area contributed by atoms with Crippen molar-refractivity contribution in [1.29, 1.82) is 0 Å². The van der Waals surface area contributed by atoms with Crippen LogP contribution in [0.4, 0.5) is 0 Å². The van der Waals surface area contributed by atoms with E-state index < -0.39 is 6.10 Å². The molecule has 2 unspecified atom stereocenters. The van der Waals surface area contributed by atoms with Gasteiger partial charge in [0.05, 0.1) is 18.8 Å². The molecule has 0 bridgehead atoms. The first-order chi connectivity index (χ1) is 11.2. The molecule has 2 N–H and O–H groups in total. The van der Waals surface area contributed by atoms with Gasteiger partial charge in [-0.2, -0.15) is 0 Å². The van der Waals surface area contributed by atoms with E-state index >= 15 is 0 Å². The first-order valence-electron chi connectivity index (χ1n) is 8.40. The number of aliphatic hydroxyl groups is 1. The standard InChI is InChI=1S/C20H25NO2/c1-15(21-14-19(22)17-8-3-2-4-9-17)13-20-18-10-6-5-7-16(18)11-12-23-20/h2-10,15,19-22H,11-14H2,1H3/t15?,19-,20?/m1/s1. The number of aliphatic hydroxyl groups excluding tert-OH is 1. The molecule has 0 spiro atoms. The van der Waals surface area contributed by atoms with Crippen LogP contribution in [0.2, 0.25) is 0 Å². The first kappa shape index (κ1) is 16.2. The van der Waals surface area contributed by atoms with Crippen LogP contribution in [-0.2, 0) is 11.2 Å². The summed E-state index contributed by atoms with van der Waals surface area (Å²) in [7, 11) is 0. The van der Waals surface area contributed by atoms with Crippen molar-refractivity contribution >= 4 is 0 Å². The monoisotopic (exact) mass is 311 g/mol. The Labute approximate surface area is 138 Å². The number of hydrogen-bond donors (Lipinski definition) is 2. The zero-order chi connectivity index (χ0) is 16.1. The van der Waals surface area contributed by atoms with Crippen molar-refractivity contribution in [2.24, 2.45) is 0 Å². The molecule has 0 radical (unpaired) electrons. The van der Waals surface area contributed by atoms with E-state index in [0.29, 0.717) is 6.54 Å². The summed E-state index contributed by atoms with van der Waals surface area (Å²) in [5.41, 5.74) is 3.67. The molecule has 3 atom stereocenters. The van der Waals surface area contributed by atoms with Crippen LogP contribution in [0.5, 0.6) is 0 Å². The molecule has 0 amide bonds. The molecule has 2 aromatic rings. The van der Waals surface area contributed by atoms with Crippen molar-refractivity contribution < 1.29 is 9.84 Å². The molecular formula is C20H25NO2. The second-order valence-corrected chi connectivity index (χ2v) is 6.28. The van der Waals surface area contributed by atoms with Crippen molar-refractivity contribution in [1.82, 2.24) is 5.32 Å². The number of benzene rings is 2. The summed E-state index contributed by atoms with van der Waals surface area (Å²) < 4.78 is 5.96. The van der Waals surface area contributed by atoms with Crippen molar-refractivity contribution in [3.63, 3.8) is 0 Å². The van der Waals surface area contributed by atoms with E-state index in [9.17, 15) is 5.11 Å². The van der Waals surface area contributed by atoms with Crippen molar-refractivity contribution in [2.75, 3.05) is 13.2 Å². The number of ether oxygens (including phenoxy) is 1. The molecule has 0 aliphatic carbocycles. The molecule has 1 aliphatic rings. The summed E-state index contributed by atoms with van der Waals surface area (Å²) in [5, 5.41) is 13.7. The Balaban J connectivity index is 1.53. The lowest BCUT2D eigenvalue weighted by Gasteiger charge is -2.29. The fourth-order valence-electron chi connectivity index (χ4n) is 3.18. The maximum Gasteiger partial charge on any atom is 0.0914 e. The van der Waals surface area contributed by atoms with Gasteiger partial charge in [0.1, 0.15) is 0 Å². The Morgan fingerprint density at radius 1 is 1.13 bits per heavy atom. The first-order valence-corrected chi connectivity index (χ1v) is 8.40. The van der Waals surface area contributed by atoms with Crippen LogP contribution in [0.1, 0.15) is 42.2 Å². The van der Waals surface area contributed by atoms with E-state index in [0.717, 1.165) is 25.0 Å². The van der Waals surface area contributed by atoms with Gasteiger partial charge in [0.2, 0.25) is 0 Å². The lowest BCUT2D eigenvalue weighted by Crippen LogP contribution is -2.33. The lowest BCUT2D eigenvalue weighted by molar-refractivity contribution is 0.0296. The van der Waals surface area contributed by atoms with Crippen LogP contribution in [0.15, 0.2) is 54.6 Å². The molecule has 3 nitrogen and oxygen atoms in total. The Kier molecular flexibility index (Phi) is 5.44. The summed E-state index contributed by atoms with van der Waals surface area (Å²) >= 11 is 0. The van der Waals surface area contributed by atoms with Gasteiger partial charge < -0.3 is 15.2 Å². The van der Waals surface area contributed by atoms with E-state index in [1.54, 1.807) is 0 Å². The van der Waals surface area contributed by atoms with Crippen LogP contribution < -0.4 is 5.32 Å². The molecule has 1 heterocycles. The molecule has 3 rings (SSSR count). The molecule has 23 heavy (non-hydrogen) atoms. The highest BCUT2D eigenvalue weighted by molar-refractivity contribution is 5.31. The van der Waals surface area contributed by atoms with Gasteiger partial charge in [-0.1, -0.05) is 54.6 Å². The Hall–Kier alpha value is -1.68. The fourth-order valence-corrected chi connectivity index (χ4v) is 3.18. The number of rotatable bonds is 6. The van der Waals surface area contributed by atoms with Crippen molar-refractivity contribution in [3.8, 4) is 0 Å². The molecule has 3 heteroatoms. The maximum absolute atomic E-state index is 10.2. The van der Waals surface area contributed by atoms with E-state index in [1.807, 2.05) is 30.3 Å². The van der Waals surface area contributed by atoms with Crippen LogP contribution in [0.25, 0.3) is 0 Å². The third-order valence-corrected chi connectivity index (χ3v) is 4.50. The van der Waals surface area contributed by atoms with Crippen LogP contribution in [-0.4, -0.2) is 24.3 Å². The topological polar surface area (TPSA) is 41.5 Å². The van der Waals surface area contributed by atoms with Gasteiger partial charge in [-0.25, -0.2) is 0 Å². The number of fused-ring (bicyclic) bond motifs is 1. The van der Waals surface area contributed by atoms with Crippen LogP contribution in [0, 0.1) is 0 Å². The van der Waals surface area contributed by atoms with Gasteiger partial charge in [-0.05, 0) is 36.5 Å². The lowest BCUT2D eigenvalue weighted by atomic mass is 9.94. The summed E-state index contributed by atoms with van der Waals surface area (Å²) in [6, 6.07) is 18.6. The van der Waals surface area contributed by atoms with Crippen molar-refractivity contribution in [3.05, 3.63) is 71.3 Å². The van der Waals surface area contributed by atoms with Gasteiger partial charge in [-0.15, -0.1) is 0 Å². The highest BCUT2D eigenvalue weighted by atomic mass is 16.5. The average Bonchev–Trinajstić information content (AvgIpc) is 2.61. The quantitative estimate of drug-likeness (QED) is 0.859. The normalized spacial score (nSPS) is 19.8. The van der Waals surface area contributed by atoms with E-state index in [-0.39, 0.29) is 12.1 Å². The highest BCUT2D eigenvalue weighted by Gasteiger charge is 2.22. The van der Waals surface area contributed by atoms with E-state index in [1.165, 1.54) is 11.1 Å². The predicted octanol–water partition coefficient (Wildman–Crippen LogP) is 3.40. The van der Waals surface area contributed by atoms with Gasteiger partial charge in [-0.3, -0.25) is 0 Å². The predicted molar refractivity (Wildman–Crippen MR) is 92.3 cm³/mol. The largest absolute Gasteiger partial charge is 0.387 e. The third-order valence-electron chi connectivity index (χ3n) is 4.50. The van der Waals surface area contributed by atoms with Gasteiger partial charge in [0, 0.05) is 12.6 Å². The Bertz CT molecular complexity index is 614. The average molecular weight is 311 g/mol. The molecule has 0 aromatic heterocycles. The third kappa shape index (κ3) is 4.20. The number of hydrogen-bond acceptors (Lipinski definition) is 3. The van der Waals surface area contributed by atoms with E-state index in [2.05, 4.69) is 36.5 Å². The Morgan fingerprint density at radius 3 is 2.70 bits per heavy atom. The zero-order valence-corrected chi connectivity index (χ0v) is 13.6. The van der Waals surface area contributed by atoms with Gasteiger partial charge in [0.15, 0.2) is 0 Å². The van der Waals surface area contributed by atoms with Gasteiger partial charge in [0.25, 0.3) is 0 Å². The molecule has 0 saturated carbocycles. The molecule has 1 aliphatic heterocycles. The molecule has 0 saturated heterocycles. The zero-order valence-electron chi connectivity index (χ0n) is 13.6. The van der Waals surface area contributed by atoms with Crippen LogP contribution >= 0.6 is 0 Å². The molecular weight excluding hydrogens is 286 g/mol. The second-order valence-electron chi connectivity index (χ2n) is 6.28. The minimum Gasteiger partial charge on any atom is -0.387 e. The minimum atomic E-state index is -0.474. The second kappa shape index (κ2) is 7.73. The Morgan fingerprint density at radius 2 is 1.87 bits per heavy atom. The summed E-state index contributed by atoms with van der Waals surface area (Å²) in [4.78, 5) is 0. The minimum absolute atomic E-state index is 0.149. The summed E-state index contributed by atoms with van der Waals surface area (Å²) in [5.74, 6) is 0. The summed E-state index contributed by atoms with van der Waals surface area (Å²) in [6.45, 7) is 3.50. The van der Waals surface area contributed by atoms with Crippen LogP contribution in [0.3, 0.4) is 0 Å². The summed E-state index contributed by atoms with van der Waals surface area (Å²) in [6.07, 6.45) is 1.59. The van der Waals surface area contributed by atoms with Gasteiger partial charge >= 0.3 is 0 Å². The molecule has 0 fully saturated rings. The van der Waals surface area contributed by atoms with E-state index in [4.69, 9.17) is 4.74 Å². The maximum atomic E-state index is 10.2. The number of nitrogens with one attached hydrogen (secondary N) is 1. The fraction of sp³-hybridized carbons (Fsp3) is 0.400.